The summed E-state index contributed by atoms with van der Waals surface area (Å²) in [6.07, 6.45) is 7.56. The average molecular weight is 435 g/mol. The predicted molar refractivity (Wildman–Crippen MR) is 111 cm³/mol. The number of rotatable bonds is 4. The Morgan fingerprint density at radius 1 is 1.04 bits per heavy atom. The first-order chi connectivity index (χ1) is 11.1. The van der Waals surface area contributed by atoms with Crippen molar-refractivity contribution in [2.75, 3.05) is 0 Å². The van der Waals surface area contributed by atoms with E-state index in [1.165, 1.54) is 32.4 Å². The van der Waals surface area contributed by atoms with Crippen LogP contribution >= 0.6 is 22.6 Å². The maximum atomic E-state index is 2.49. The molecular formula is C21H24IS+. The van der Waals surface area contributed by atoms with Crippen LogP contribution in [0.15, 0.2) is 65.6 Å². The Bertz CT molecular complexity index is 674. The second kappa shape index (κ2) is 7.89. The van der Waals surface area contributed by atoms with E-state index in [9.17, 15) is 0 Å². The van der Waals surface area contributed by atoms with E-state index in [2.05, 4.69) is 97.1 Å². The Balaban J connectivity index is 1.89. The van der Waals surface area contributed by atoms with Gasteiger partial charge in [0, 0.05) is 20.0 Å². The molecule has 0 saturated carbocycles. The number of aryl methyl sites for hydroxylation is 1. The molecule has 1 aliphatic carbocycles. The van der Waals surface area contributed by atoms with E-state index in [4.69, 9.17) is 0 Å². The van der Waals surface area contributed by atoms with E-state index in [1.54, 1.807) is 0 Å². The number of allylic oxidation sites excluding steroid dienone is 1. The molecule has 3 atom stereocenters. The van der Waals surface area contributed by atoms with Gasteiger partial charge in [-0.15, -0.1) is 0 Å². The Morgan fingerprint density at radius 3 is 2.48 bits per heavy atom. The molecule has 0 bridgehead atoms. The first-order valence-corrected chi connectivity index (χ1v) is 10.8. The molecule has 3 unspecified atom stereocenters. The van der Waals surface area contributed by atoms with Crippen LogP contribution in [0, 0.1) is 16.4 Å². The fraction of sp³-hybridized carbons (Fsp3) is 0.333. The molecule has 3 rings (SSSR count). The molecule has 1 aliphatic rings. The molecule has 2 heteroatoms. The minimum absolute atomic E-state index is 0.253. The van der Waals surface area contributed by atoms with Crippen LogP contribution in [-0.4, -0.2) is 5.25 Å². The summed E-state index contributed by atoms with van der Waals surface area (Å²) in [4.78, 5) is 1.51. The Kier molecular flexibility index (Phi) is 5.86. The van der Waals surface area contributed by atoms with E-state index in [0.717, 1.165) is 11.7 Å². The highest BCUT2D eigenvalue weighted by atomic mass is 127. The lowest BCUT2D eigenvalue weighted by Gasteiger charge is -2.22. The molecule has 0 aliphatic heterocycles. The third-order valence-corrected chi connectivity index (χ3v) is 7.78. The van der Waals surface area contributed by atoms with Crippen LogP contribution in [-0.2, 0) is 16.6 Å². The van der Waals surface area contributed by atoms with E-state index in [0.29, 0.717) is 5.25 Å². The highest BCUT2D eigenvalue weighted by molar-refractivity contribution is 14.1. The molecule has 0 amide bonds. The van der Waals surface area contributed by atoms with Gasteiger partial charge in [0.1, 0.15) is 11.0 Å². The minimum Gasteiger partial charge on any atom is -0.0808 e. The van der Waals surface area contributed by atoms with Crippen LogP contribution in [0.5, 0.6) is 0 Å². The van der Waals surface area contributed by atoms with E-state index >= 15 is 0 Å². The quantitative estimate of drug-likeness (QED) is 0.308. The molecule has 0 fully saturated rings. The molecular weight excluding hydrogens is 411 g/mol. The largest absolute Gasteiger partial charge is 0.155 e. The number of hydrogen-bond donors (Lipinski definition) is 0. The molecule has 2 aromatic carbocycles. The third kappa shape index (κ3) is 4.63. The second-order valence-electron chi connectivity index (χ2n) is 6.49. The van der Waals surface area contributed by atoms with Crippen molar-refractivity contribution >= 4 is 33.5 Å². The van der Waals surface area contributed by atoms with Gasteiger partial charge in [-0.2, -0.15) is 0 Å². The molecule has 0 saturated heterocycles. The molecule has 23 heavy (non-hydrogen) atoms. The van der Waals surface area contributed by atoms with E-state index in [1.807, 2.05) is 0 Å². The van der Waals surface area contributed by atoms with Crippen molar-refractivity contribution in [3.63, 3.8) is 0 Å². The molecule has 2 aromatic rings. The highest BCUT2D eigenvalue weighted by Crippen LogP contribution is 2.31. The first-order valence-electron chi connectivity index (χ1n) is 8.31. The van der Waals surface area contributed by atoms with Crippen molar-refractivity contribution in [1.82, 2.24) is 0 Å². The fourth-order valence-corrected chi connectivity index (χ4v) is 6.12. The second-order valence-corrected chi connectivity index (χ2v) is 9.96. The minimum atomic E-state index is 0.253. The van der Waals surface area contributed by atoms with Crippen LogP contribution in [0.2, 0.25) is 0 Å². The molecule has 0 N–H and O–H groups in total. The SMILES string of the molecule is Cc1ccc([S+](Cc2cccc(I)c2)C2C=CC(C)CC2)cc1. The molecule has 0 radical (unpaired) electrons. The summed E-state index contributed by atoms with van der Waals surface area (Å²) >= 11 is 2.42. The maximum Gasteiger partial charge on any atom is 0.155 e. The highest BCUT2D eigenvalue weighted by Gasteiger charge is 2.33. The van der Waals surface area contributed by atoms with Crippen molar-refractivity contribution in [2.24, 2.45) is 5.92 Å². The van der Waals surface area contributed by atoms with Crippen LogP contribution in [0.1, 0.15) is 30.9 Å². The smallest absolute Gasteiger partial charge is 0.0808 e. The molecule has 120 valence electrons. The monoisotopic (exact) mass is 435 g/mol. The zero-order valence-corrected chi connectivity index (χ0v) is 16.8. The van der Waals surface area contributed by atoms with Crippen LogP contribution < -0.4 is 0 Å². The van der Waals surface area contributed by atoms with Gasteiger partial charge < -0.3 is 0 Å². The molecule has 0 aromatic heterocycles. The van der Waals surface area contributed by atoms with Crippen molar-refractivity contribution < 1.29 is 0 Å². The summed E-state index contributed by atoms with van der Waals surface area (Å²) < 4.78 is 1.33. The number of halogens is 1. The fourth-order valence-electron chi connectivity index (χ4n) is 3.05. The van der Waals surface area contributed by atoms with Crippen LogP contribution in [0.3, 0.4) is 0 Å². The molecule has 0 heterocycles. The average Bonchev–Trinajstić information content (AvgIpc) is 2.55. The van der Waals surface area contributed by atoms with Gasteiger partial charge in [-0.1, -0.05) is 42.8 Å². The van der Waals surface area contributed by atoms with Gasteiger partial charge >= 0.3 is 0 Å². The topological polar surface area (TPSA) is 0 Å². The van der Waals surface area contributed by atoms with Gasteiger partial charge in [-0.25, -0.2) is 0 Å². The Hall–Kier alpha value is -0.740. The maximum absolute atomic E-state index is 2.49. The Labute approximate surface area is 156 Å². The Morgan fingerprint density at radius 2 is 1.83 bits per heavy atom. The summed E-state index contributed by atoms with van der Waals surface area (Å²) in [5, 5.41) is 0.687. The summed E-state index contributed by atoms with van der Waals surface area (Å²) in [6, 6.07) is 18.2. The summed E-state index contributed by atoms with van der Waals surface area (Å²) in [7, 11) is 0.253. The van der Waals surface area contributed by atoms with Crippen molar-refractivity contribution in [2.45, 2.75) is 42.6 Å². The standard InChI is InChI=1S/C21H24IS/c1-16-6-10-20(11-7-16)23(21-12-8-17(2)9-13-21)15-18-4-3-5-19(22)14-18/h3-8,10-12,14,17,21H,9,13,15H2,1-2H3/q+1. The predicted octanol–water partition coefficient (Wildman–Crippen LogP) is 6.13. The molecule has 0 nitrogen and oxygen atoms in total. The van der Waals surface area contributed by atoms with Crippen molar-refractivity contribution in [3.05, 3.63) is 75.4 Å². The van der Waals surface area contributed by atoms with Gasteiger partial charge in [0.25, 0.3) is 0 Å². The summed E-state index contributed by atoms with van der Waals surface area (Å²) in [6.45, 7) is 4.50. The first kappa shape index (κ1) is 17.1. The molecule has 0 spiro atoms. The normalized spacial score (nSPS) is 22.0. The zero-order valence-electron chi connectivity index (χ0n) is 13.8. The lowest BCUT2D eigenvalue weighted by Crippen LogP contribution is -2.25. The van der Waals surface area contributed by atoms with Gasteiger partial charge in [0.15, 0.2) is 4.90 Å². The van der Waals surface area contributed by atoms with E-state index in [-0.39, 0.29) is 10.9 Å². The van der Waals surface area contributed by atoms with Crippen molar-refractivity contribution in [3.8, 4) is 0 Å². The van der Waals surface area contributed by atoms with E-state index < -0.39 is 0 Å². The number of hydrogen-bond acceptors (Lipinski definition) is 0. The number of benzene rings is 2. The lowest BCUT2D eigenvalue weighted by molar-refractivity contribution is 0.588. The van der Waals surface area contributed by atoms with Crippen molar-refractivity contribution in [1.29, 1.82) is 0 Å². The summed E-state index contributed by atoms with van der Waals surface area (Å²) in [5.74, 6) is 1.90. The lowest BCUT2D eigenvalue weighted by atomic mass is 9.98. The van der Waals surface area contributed by atoms with Gasteiger partial charge in [0.05, 0.1) is 0 Å². The summed E-state index contributed by atoms with van der Waals surface area (Å²) in [5.41, 5.74) is 2.81. The third-order valence-electron chi connectivity index (χ3n) is 4.46. The van der Waals surface area contributed by atoms with Crippen LogP contribution in [0.25, 0.3) is 0 Å². The van der Waals surface area contributed by atoms with Gasteiger partial charge in [-0.3, -0.25) is 0 Å². The van der Waals surface area contributed by atoms with Crippen LogP contribution in [0.4, 0.5) is 0 Å². The van der Waals surface area contributed by atoms with Gasteiger partial charge in [0.2, 0.25) is 0 Å². The van der Waals surface area contributed by atoms with Gasteiger partial charge in [-0.05, 0) is 78.6 Å². The zero-order chi connectivity index (χ0) is 16.2.